The van der Waals surface area contributed by atoms with Gasteiger partial charge in [0.15, 0.2) is 0 Å². The predicted octanol–water partition coefficient (Wildman–Crippen LogP) is 4.43. The standard InChI is InChI=1S/C19H24O2/c1-4-5-6-15-8-11-16(12-9-15)19(20)17-10-7-14(2)18(13-17)21-3/h7-13,19-20H,4-6H2,1-3H3. The van der Waals surface area contributed by atoms with Crippen LogP contribution >= 0.6 is 0 Å². The zero-order valence-corrected chi connectivity index (χ0v) is 13.1. The molecule has 0 aliphatic rings. The molecule has 0 fully saturated rings. The van der Waals surface area contributed by atoms with Crippen LogP contribution in [0.15, 0.2) is 42.5 Å². The van der Waals surface area contributed by atoms with E-state index in [2.05, 4.69) is 19.1 Å². The third kappa shape index (κ3) is 3.85. The lowest BCUT2D eigenvalue weighted by atomic mass is 9.98. The van der Waals surface area contributed by atoms with Gasteiger partial charge >= 0.3 is 0 Å². The van der Waals surface area contributed by atoms with Crippen molar-refractivity contribution in [2.75, 3.05) is 7.11 Å². The van der Waals surface area contributed by atoms with E-state index in [1.165, 1.54) is 18.4 Å². The number of methoxy groups -OCH3 is 1. The molecule has 0 aromatic heterocycles. The molecule has 1 atom stereocenters. The Balaban J connectivity index is 2.17. The summed E-state index contributed by atoms with van der Waals surface area (Å²) < 4.78 is 5.32. The summed E-state index contributed by atoms with van der Waals surface area (Å²) in [6.07, 6.45) is 2.90. The van der Waals surface area contributed by atoms with Gasteiger partial charge in [0, 0.05) is 0 Å². The predicted molar refractivity (Wildman–Crippen MR) is 86.8 cm³/mol. The van der Waals surface area contributed by atoms with Gasteiger partial charge in [0.1, 0.15) is 11.9 Å². The van der Waals surface area contributed by atoms with Crippen LogP contribution in [-0.2, 0) is 6.42 Å². The molecule has 0 aliphatic heterocycles. The first-order valence-corrected chi connectivity index (χ1v) is 7.57. The number of hydrogen-bond donors (Lipinski definition) is 1. The molecule has 0 saturated carbocycles. The number of aliphatic hydroxyl groups excluding tert-OH is 1. The molecule has 21 heavy (non-hydrogen) atoms. The van der Waals surface area contributed by atoms with Crippen molar-refractivity contribution in [2.45, 2.75) is 39.2 Å². The summed E-state index contributed by atoms with van der Waals surface area (Å²) in [5.41, 5.74) is 4.18. The molecular weight excluding hydrogens is 260 g/mol. The van der Waals surface area contributed by atoms with Crippen LogP contribution in [0.1, 0.15) is 48.1 Å². The highest BCUT2D eigenvalue weighted by Gasteiger charge is 2.12. The first-order valence-electron chi connectivity index (χ1n) is 7.57. The fourth-order valence-corrected chi connectivity index (χ4v) is 2.45. The second-order valence-electron chi connectivity index (χ2n) is 5.48. The van der Waals surface area contributed by atoms with Crippen molar-refractivity contribution < 1.29 is 9.84 Å². The van der Waals surface area contributed by atoms with Crippen molar-refractivity contribution in [3.63, 3.8) is 0 Å². The molecule has 2 heteroatoms. The molecule has 0 bridgehead atoms. The Labute approximate surface area is 127 Å². The topological polar surface area (TPSA) is 29.5 Å². The van der Waals surface area contributed by atoms with E-state index in [9.17, 15) is 5.11 Å². The molecule has 112 valence electrons. The third-order valence-electron chi connectivity index (χ3n) is 3.86. The van der Waals surface area contributed by atoms with E-state index < -0.39 is 6.10 Å². The Bertz CT molecular complexity index is 573. The highest BCUT2D eigenvalue weighted by Crippen LogP contribution is 2.27. The maximum Gasteiger partial charge on any atom is 0.122 e. The van der Waals surface area contributed by atoms with Gasteiger partial charge in [-0.25, -0.2) is 0 Å². The first kappa shape index (κ1) is 15.6. The van der Waals surface area contributed by atoms with Gasteiger partial charge in [0.2, 0.25) is 0 Å². The van der Waals surface area contributed by atoms with Crippen LogP contribution in [0.4, 0.5) is 0 Å². The molecule has 2 aromatic carbocycles. The molecule has 0 aliphatic carbocycles. The number of hydrogen-bond acceptors (Lipinski definition) is 2. The number of ether oxygens (including phenoxy) is 1. The summed E-state index contributed by atoms with van der Waals surface area (Å²) in [5, 5.41) is 10.5. The minimum absolute atomic E-state index is 0.611. The fourth-order valence-electron chi connectivity index (χ4n) is 2.45. The highest BCUT2D eigenvalue weighted by atomic mass is 16.5. The maximum absolute atomic E-state index is 10.5. The van der Waals surface area contributed by atoms with Crippen molar-refractivity contribution in [1.82, 2.24) is 0 Å². The van der Waals surface area contributed by atoms with Crippen molar-refractivity contribution in [3.8, 4) is 5.75 Å². The molecule has 1 unspecified atom stereocenters. The molecule has 0 amide bonds. The van der Waals surface area contributed by atoms with Gasteiger partial charge in [-0.3, -0.25) is 0 Å². The lowest BCUT2D eigenvalue weighted by molar-refractivity contribution is 0.219. The van der Waals surface area contributed by atoms with Crippen LogP contribution in [-0.4, -0.2) is 12.2 Å². The van der Waals surface area contributed by atoms with Gasteiger partial charge in [0.25, 0.3) is 0 Å². The SMILES string of the molecule is CCCCc1ccc(C(O)c2ccc(C)c(OC)c2)cc1. The fraction of sp³-hybridized carbons (Fsp3) is 0.368. The van der Waals surface area contributed by atoms with E-state index in [0.29, 0.717) is 0 Å². The summed E-state index contributed by atoms with van der Waals surface area (Å²) in [6, 6.07) is 14.1. The molecule has 0 heterocycles. The molecule has 2 nitrogen and oxygen atoms in total. The number of benzene rings is 2. The second kappa shape index (κ2) is 7.28. The number of rotatable bonds is 6. The highest BCUT2D eigenvalue weighted by molar-refractivity contribution is 5.40. The van der Waals surface area contributed by atoms with Gasteiger partial charge in [-0.05, 0) is 48.1 Å². The van der Waals surface area contributed by atoms with Gasteiger partial charge in [-0.15, -0.1) is 0 Å². The van der Waals surface area contributed by atoms with Crippen LogP contribution < -0.4 is 4.74 Å². The minimum atomic E-state index is -0.611. The Morgan fingerprint density at radius 3 is 2.33 bits per heavy atom. The average molecular weight is 284 g/mol. The van der Waals surface area contributed by atoms with Crippen molar-refractivity contribution in [3.05, 3.63) is 64.7 Å². The molecule has 2 aromatic rings. The zero-order chi connectivity index (χ0) is 15.2. The van der Waals surface area contributed by atoms with Crippen molar-refractivity contribution >= 4 is 0 Å². The summed E-state index contributed by atoms with van der Waals surface area (Å²) in [4.78, 5) is 0. The third-order valence-corrected chi connectivity index (χ3v) is 3.86. The molecular formula is C19H24O2. The van der Waals surface area contributed by atoms with Crippen LogP contribution in [0.5, 0.6) is 5.75 Å². The number of unbranched alkanes of at least 4 members (excludes halogenated alkanes) is 1. The Morgan fingerprint density at radius 2 is 1.71 bits per heavy atom. The minimum Gasteiger partial charge on any atom is -0.496 e. The van der Waals surface area contributed by atoms with Crippen LogP contribution in [0.3, 0.4) is 0 Å². The molecule has 0 radical (unpaired) electrons. The smallest absolute Gasteiger partial charge is 0.122 e. The quantitative estimate of drug-likeness (QED) is 0.850. The van der Waals surface area contributed by atoms with Gasteiger partial charge in [-0.2, -0.15) is 0 Å². The van der Waals surface area contributed by atoms with Crippen LogP contribution in [0, 0.1) is 6.92 Å². The summed E-state index contributed by atoms with van der Waals surface area (Å²) in [6.45, 7) is 4.19. The largest absolute Gasteiger partial charge is 0.496 e. The summed E-state index contributed by atoms with van der Waals surface area (Å²) in [7, 11) is 1.65. The van der Waals surface area contributed by atoms with E-state index in [1.54, 1.807) is 7.11 Å². The number of aryl methyl sites for hydroxylation is 2. The molecule has 0 spiro atoms. The first-order chi connectivity index (χ1) is 10.2. The van der Waals surface area contributed by atoms with E-state index in [0.717, 1.165) is 28.9 Å². The number of aliphatic hydroxyl groups is 1. The normalized spacial score (nSPS) is 12.2. The monoisotopic (exact) mass is 284 g/mol. The lowest BCUT2D eigenvalue weighted by Crippen LogP contribution is -2.01. The summed E-state index contributed by atoms with van der Waals surface area (Å²) in [5.74, 6) is 0.811. The zero-order valence-electron chi connectivity index (χ0n) is 13.1. The van der Waals surface area contributed by atoms with Gasteiger partial charge in [-0.1, -0.05) is 49.7 Å². The van der Waals surface area contributed by atoms with E-state index in [4.69, 9.17) is 4.74 Å². The maximum atomic E-state index is 10.5. The van der Waals surface area contributed by atoms with Crippen molar-refractivity contribution in [1.29, 1.82) is 0 Å². The van der Waals surface area contributed by atoms with Crippen LogP contribution in [0.2, 0.25) is 0 Å². The molecule has 2 rings (SSSR count). The summed E-state index contributed by atoms with van der Waals surface area (Å²) >= 11 is 0. The van der Waals surface area contributed by atoms with E-state index >= 15 is 0 Å². The average Bonchev–Trinajstić information content (AvgIpc) is 2.53. The lowest BCUT2D eigenvalue weighted by Gasteiger charge is -2.14. The molecule has 1 N–H and O–H groups in total. The van der Waals surface area contributed by atoms with E-state index in [1.807, 2.05) is 37.3 Å². The second-order valence-corrected chi connectivity index (χ2v) is 5.48. The Kier molecular flexibility index (Phi) is 5.40. The van der Waals surface area contributed by atoms with Gasteiger partial charge in [0.05, 0.1) is 7.11 Å². The molecule has 0 saturated heterocycles. The van der Waals surface area contributed by atoms with Crippen LogP contribution in [0.25, 0.3) is 0 Å². The van der Waals surface area contributed by atoms with E-state index in [-0.39, 0.29) is 0 Å². The van der Waals surface area contributed by atoms with Crippen molar-refractivity contribution in [2.24, 2.45) is 0 Å². The Morgan fingerprint density at radius 1 is 1.05 bits per heavy atom. The Hall–Kier alpha value is -1.80. The van der Waals surface area contributed by atoms with Gasteiger partial charge < -0.3 is 9.84 Å².